The zero-order valence-electron chi connectivity index (χ0n) is 5.21. The molecule has 3 atom stereocenters. The van der Waals surface area contributed by atoms with Crippen LogP contribution in [0, 0.1) is 10.8 Å². The van der Waals surface area contributed by atoms with E-state index in [2.05, 4.69) is 10.5 Å². The molecule has 9 heavy (non-hydrogen) atoms. The van der Waals surface area contributed by atoms with Gasteiger partial charge in [-0.1, -0.05) is 5.18 Å². The molecule has 3 heteroatoms. The Bertz CT molecular complexity index is 137. The highest BCUT2D eigenvalue weighted by Crippen LogP contribution is 2.32. The Morgan fingerprint density at radius 2 is 2.33 bits per heavy atom. The minimum absolute atomic E-state index is 0.0868. The van der Waals surface area contributed by atoms with Gasteiger partial charge in [0, 0.05) is 6.04 Å². The summed E-state index contributed by atoms with van der Waals surface area (Å²) >= 11 is 0. The van der Waals surface area contributed by atoms with Gasteiger partial charge in [0.2, 0.25) is 0 Å². The van der Waals surface area contributed by atoms with Crippen LogP contribution in [0.4, 0.5) is 0 Å². The third-order valence-corrected chi connectivity index (χ3v) is 2.43. The molecule has 0 aromatic rings. The Morgan fingerprint density at radius 3 is 2.67 bits per heavy atom. The highest BCUT2D eigenvalue weighted by Gasteiger charge is 2.40. The van der Waals surface area contributed by atoms with Crippen molar-refractivity contribution >= 4 is 0 Å². The summed E-state index contributed by atoms with van der Waals surface area (Å²) in [7, 11) is 0. The predicted molar refractivity (Wildman–Crippen MR) is 34.1 cm³/mol. The molecular formula is C6H10N2O. The van der Waals surface area contributed by atoms with Crippen molar-refractivity contribution in [2.75, 3.05) is 6.54 Å². The zero-order valence-corrected chi connectivity index (χ0v) is 5.21. The van der Waals surface area contributed by atoms with Gasteiger partial charge in [-0.3, -0.25) is 0 Å². The second-order valence-corrected chi connectivity index (χ2v) is 3.02. The first-order chi connectivity index (χ1) is 4.40. The van der Waals surface area contributed by atoms with E-state index in [0.717, 1.165) is 18.9 Å². The van der Waals surface area contributed by atoms with Crippen molar-refractivity contribution in [3.8, 4) is 0 Å². The van der Waals surface area contributed by atoms with Gasteiger partial charge in [-0.25, -0.2) is 0 Å². The van der Waals surface area contributed by atoms with Crippen LogP contribution in [0.1, 0.15) is 12.8 Å². The van der Waals surface area contributed by atoms with Crippen LogP contribution < -0.4 is 5.32 Å². The Labute approximate surface area is 53.8 Å². The molecule has 2 aliphatic rings. The maximum Gasteiger partial charge on any atom is 0.107 e. The van der Waals surface area contributed by atoms with Gasteiger partial charge in [0.25, 0.3) is 0 Å². The van der Waals surface area contributed by atoms with Crippen LogP contribution in [0.25, 0.3) is 0 Å². The summed E-state index contributed by atoms with van der Waals surface area (Å²) in [5.74, 6) is 0.748. The average molecular weight is 126 g/mol. The van der Waals surface area contributed by atoms with Crippen molar-refractivity contribution in [2.24, 2.45) is 11.1 Å². The fourth-order valence-electron chi connectivity index (χ4n) is 1.94. The second-order valence-electron chi connectivity index (χ2n) is 3.02. The second kappa shape index (κ2) is 1.77. The van der Waals surface area contributed by atoms with Crippen LogP contribution in [0.3, 0.4) is 0 Å². The van der Waals surface area contributed by atoms with Crippen molar-refractivity contribution in [1.29, 1.82) is 0 Å². The van der Waals surface area contributed by atoms with Crippen LogP contribution in [0.15, 0.2) is 5.18 Å². The number of nitrogens with one attached hydrogen (secondary N) is 1. The van der Waals surface area contributed by atoms with Crippen LogP contribution in [0.2, 0.25) is 0 Å². The van der Waals surface area contributed by atoms with Gasteiger partial charge in [-0.15, -0.1) is 0 Å². The molecule has 1 saturated heterocycles. The first-order valence-corrected chi connectivity index (χ1v) is 3.46. The summed E-state index contributed by atoms with van der Waals surface area (Å²) in [6.45, 7) is 1.11. The SMILES string of the molecule is O=NC1CC2CNC1C2. The molecular weight excluding hydrogens is 116 g/mol. The van der Waals surface area contributed by atoms with Gasteiger partial charge >= 0.3 is 0 Å². The fourth-order valence-corrected chi connectivity index (χ4v) is 1.94. The molecule has 0 amide bonds. The van der Waals surface area contributed by atoms with E-state index in [1.165, 1.54) is 6.42 Å². The number of fused-ring (bicyclic) bond motifs is 2. The maximum absolute atomic E-state index is 10.1. The first kappa shape index (κ1) is 5.35. The monoisotopic (exact) mass is 126 g/mol. The Balaban J connectivity index is 2.09. The summed E-state index contributed by atoms with van der Waals surface area (Å²) in [4.78, 5) is 10.1. The molecule has 0 aromatic carbocycles. The lowest BCUT2D eigenvalue weighted by atomic mass is 10.1. The van der Waals surface area contributed by atoms with Crippen LogP contribution in [0.5, 0.6) is 0 Å². The molecule has 1 N–H and O–H groups in total. The molecule has 0 spiro atoms. The summed E-state index contributed by atoms with van der Waals surface area (Å²) in [6, 6.07) is 0.510. The molecule has 1 saturated carbocycles. The van der Waals surface area contributed by atoms with Gasteiger partial charge in [0.05, 0.1) is 0 Å². The van der Waals surface area contributed by atoms with E-state index in [-0.39, 0.29) is 6.04 Å². The molecule has 1 aliphatic carbocycles. The Kier molecular flexibility index (Phi) is 1.05. The quantitative estimate of drug-likeness (QED) is 0.520. The van der Waals surface area contributed by atoms with Crippen LogP contribution in [-0.2, 0) is 0 Å². The van der Waals surface area contributed by atoms with E-state index in [1.54, 1.807) is 0 Å². The van der Waals surface area contributed by atoms with Crippen LogP contribution >= 0.6 is 0 Å². The van der Waals surface area contributed by atoms with Gasteiger partial charge < -0.3 is 5.32 Å². The molecule has 0 radical (unpaired) electrons. The normalized spacial score (nSPS) is 47.8. The van der Waals surface area contributed by atoms with E-state index in [9.17, 15) is 4.91 Å². The van der Waals surface area contributed by atoms with E-state index >= 15 is 0 Å². The maximum atomic E-state index is 10.1. The lowest BCUT2D eigenvalue weighted by molar-refractivity contribution is 0.446. The molecule has 3 unspecified atom stereocenters. The highest BCUT2D eigenvalue weighted by atomic mass is 16.3. The Hall–Kier alpha value is -0.440. The number of piperidine rings is 1. The average Bonchev–Trinajstić information content (AvgIpc) is 2.45. The minimum atomic E-state index is 0.0868. The lowest BCUT2D eigenvalue weighted by Gasteiger charge is -2.14. The number of nitrogens with zero attached hydrogens (tertiary/aromatic N) is 1. The van der Waals surface area contributed by atoms with Gasteiger partial charge in [0.1, 0.15) is 6.04 Å². The van der Waals surface area contributed by atoms with Gasteiger partial charge in [0.15, 0.2) is 0 Å². The lowest BCUT2D eigenvalue weighted by Crippen LogP contribution is -2.35. The zero-order chi connectivity index (χ0) is 6.27. The van der Waals surface area contributed by atoms with Crippen molar-refractivity contribution < 1.29 is 0 Å². The summed E-state index contributed by atoms with van der Waals surface area (Å²) in [5.41, 5.74) is 0. The molecule has 2 fully saturated rings. The van der Waals surface area contributed by atoms with E-state index in [1.807, 2.05) is 0 Å². The molecule has 50 valence electrons. The third kappa shape index (κ3) is 0.678. The van der Waals surface area contributed by atoms with Gasteiger partial charge in [-0.2, -0.15) is 4.91 Å². The number of hydrogen-bond acceptors (Lipinski definition) is 3. The summed E-state index contributed by atoms with van der Waals surface area (Å²) in [5, 5.41) is 6.32. The predicted octanol–water partition coefficient (Wildman–Crippen LogP) is 0.503. The number of hydrogen-bond donors (Lipinski definition) is 1. The van der Waals surface area contributed by atoms with Crippen molar-refractivity contribution in [3.63, 3.8) is 0 Å². The Morgan fingerprint density at radius 1 is 1.44 bits per heavy atom. The van der Waals surface area contributed by atoms with Crippen molar-refractivity contribution in [3.05, 3.63) is 4.91 Å². The third-order valence-electron chi connectivity index (χ3n) is 2.43. The number of rotatable bonds is 1. The van der Waals surface area contributed by atoms with Gasteiger partial charge in [-0.05, 0) is 25.3 Å². The van der Waals surface area contributed by atoms with E-state index < -0.39 is 0 Å². The van der Waals surface area contributed by atoms with Crippen LogP contribution in [-0.4, -0.2) is 18.6 Å². The molecule has 1 heterocycles. The molecule has 2 rings (SSSR count). The van der Waals surface area contributed by atoms with Crippen molar-refractivity contribution in [2.45, 2.75) is 24.9 Å². The van der Waals surface area contributed by atoms with E-state index in [4.69, 9.17) is 0 Å². The van der Waals surface area contributed by atoms with E-state index in [0.29, 0.717) is 6.04 Å². The minimum Gasteiger partial charge on any atom is -0.311 e. The molecule has 0 aromatic heterocycles. The first-order valence-electron chi connectivity index (χ1n) is 3.46. The largest absolute Gasteiger partial charge is 0.311 e. The standard InChI is InChI=1S/C6H10N2O/c9-8-6-2-4-1-5(6)7-3-4/h4-7H,1-3H2. The molecule has 1 aliphatic heterocycles. The fraction of sp³-hybridized carbons (Fsp3) is 1.00. The summed E-state index contributed by atoms with van der Waals surface area (Å²) in [6.07, 6.45) is 2.21. The highest BCUT2D eigenvalue weighted by molar-refractivity contribution is 4.99. The topological polar surface area (TPSA) is 41.5 Å². The van der Waals surface area contributed by atoms with Crippen molar-refractivity contribution in [1.82, 2.24) is 5.32 Å². The molecule has 2 bridgehead atoms. The summed E-state index contributed by atoms with van der Waals surface area (Å²) < 4.78 is 0. The smallest absolute Gasteiger partial charge is 0.107 e. The number of nitroso groups, excluding NO2 is 1. The molecule has 3 nitrogen and oxygen atoms in total.